The van der Waals surface area contributed by atoms with Crippen LogP contribution in [0.3, 0.4) is 0 Å². The summed E-state index contributed by atoms with van der Waals surface area (Å²) < 4.78 is 0. The lowest BCUT2D eigenvalue weighted by Gasteiger charge is -2.28. The molecule has 1 saturated heterocycles. The molecule has 1 aliphatic rings. The highest BCUT2D eigenvalue weighted by Crippen LogP contribution is 2.14. The average molecular weight is 229 g/mol. The fraction of sp³-hybridized carbons (Fsp3) is 0.400. The van der Waals surface area contributed by atoms with Gasteiger partial charge in [-0.15, -0.1) is 0 Å². The maximum absolute atomic E-state index is 10.8. The van der Waals surface area contributed by atoms with E-state index in [-0.39, 0.29) is 5.92 Å². The number of carbonyl (C=O) groups excluding carboxylic acids is 1. The van der Waals surface area contributed by atoms with Crippen LogP contribution in [-0.4, -0.2) is 30.8 Å². The summed E-state index contributed by atoms with van der Waals surface area (Å²) in [6.07, 6.45) is 7.63. The van der Waals surface area contributed by atoms with E-state index in [1.165, 1.54) is 5.56 Å². The smallest absolute Gasteiger partial charge is 0.124 e. The molecule has 2 rings (SSSR count). The molecule has 1 atom stereocenters. The normalized spacial score (nSPS) is 21.8. The third kappa shape index (κ3) is 3.82. The minimum absolute atomic E-state index is 0.244. The van der Waals surface area contributed by atoms with Gasteiger partial charge in [0.2, 0.25) is 0 Å². The second-order valence-electron chi connectivity index (χ2n) is 4.61. The third-order valence-corrected chi connectivity index (χ3v) is 3.21. The summed E-state index contributed by atoms with van der Waals surface area (Å²) in [5.74, 6) is 0.244. The van der Waals surface area contributed by atoms with Gasteiger partial charge in [-0.1, -0.05) is 42.5 Å². The molecule has 0 amide bonds. The van der Waals surface area contributed by atoms with Gasteiger partial charge in [0, 0.05) is 19.0 Å². The number of piperidine rings is 1. The predicted molar refractivity (Wildman–Crippen MR) is 70.7 cm³/mol. The Morgan fingerprint density at radius 3 is 2.88 bits per heavy atom. The summed E-state index contributed by atoms with van der Waals surface area (Å²) in [4.78, 5) is 13.1. The van der Waals surface area contributed by atoms with Crippen molar-refractivity contribution in [1.29, 1.82) is 0 Å². The van der Waals surface area contributed by atoms with Crippen molar-refractivity contribution in [3.63, 3.8) is 0 Å². The molecule has 90 valence electrons. The lowest BCUT2D eigenvalue weighted by atomic mass is 10.00. The fourth-order valence-corrected chi connectivity index (χ4v) is 2.27. The Hall–Kier alpha value is -1.41. The van der Waals surface area contributed by atoms with Crippen LogP contribution in [0.1, 0.15) is 18.4 Å². The van der Waals surface area contributed by atoms with E-state index in [2.05, 4.69) is 29.2 Å². The topological polar surface area (TPSA) is 20.3 Å². The third-order valence-electron chi connectivity index (χ3n) is 3.21. The summed E-state index contributed by atoms with van der Waals surface area (Å²) in [5, 5.41) is 0. The standard InChI is InChI=1S/C15H19NO/c17-13-15-9-5-11-16(12-15)10-4-8-14-6-2-1-3-7-14/h1-4,6-8,13,15H,5,9-12H2. The Morgan fingerprint density at radius 1 is 1.29 bits per heavy atom. The number of rotatable bonds is 4. The molecule has 1 aromatic carbocycles. The van der Waals surface area contributed by atoms with Crippen LogP contribution in [0, 0.1) is 5.92 Å². The fourth-order valence-electron chi connectivity index (χ4n) is 2.27. The first-order valence-electron chi connectivity index (χ1n) is 6.28. The molecular weight excluding hydrogens is 210 g/mol. The quantitative estimate of drug-likeness (QED) is 0.740. The van der Waals surface area contributed by atoms with Crippen LogP contribution in [0.5, 0.6) is 0 Å². The molecule has 0 bridgehead atoms. The maximum atomic E-state index is 10.8. The van der Waals surface area contributed by atoms with Crippen LogP contribution in [0.15, 0.2) is 36.4 Å². The minimum Gasteiger partial charge on any atom is -0.303 e. The zero-order valence-corrected chi connectivity index (χ0v) is 10.1. The van der Waals surface area contributed by atoms with E-state index < -0.39 is 0 Å². The lowest BCUT2D eigenvalue weighted by molar-refractivity contribution is -0.112. The molecule has 1 aromatic rings. The van der Waals surface area contributed by atoms with Gasteiger partial charge in [0.25, 0.3) is 0 Å². The van der Waals surface area contributed by atoms with Crippen LogP contribution in [0.2, 0.25) is 0 Å². The van der Waals surface area contributed by atoms with E-state index in [0.29, 0.717) is 0 Å². The van der Waals surface area contributed by atoms with Crippen molar-refractivity contribution in [2.45, 2.75) is 12.8 Å². The minimum atomic E-state index is 0.244. The molecule has 1 heterocycles. The summed E-state index contributed by atoms with van der Waals surface area (Å²) in [7, 11) is 0. The van der Waals surface area contributed by atoms with Gasteiger partial charge < -0.3 is 4.79 Å². The zero-order valence-electron chi connectivity index (χ0n) is 10.1. The summed E-state index contributed by atoms with van der Waals surface area (Å²) in [6, 6.07) is 10.3. The van der Waals surface area contributed by atoms with Crippen molar-refractivity contribution in [3.8, 4) is 0 Å². The van der Waals surface area contributed by atoms with Crippen molar-refractivity contribution in [1.82, 2.24) is 4.90 Å². The van der Waals surface area contributed by atoms with Gasteiger partial charge in [-0.2, -0.15) is 0 Å². The molecule has 2 heteroatoms. The number of hydrogen-bond acceptors (Lipinski definition) is 2. The highest BCUT2D eigenvalue weighted by molar-refractivity contribution is 5.54. The van der Waals surface area contributed by atoms with Gasteiger partial charge in [-0.3, -0.25) is 4.90 Å². The van der Waals surface area contributed by atoms with E-state index >= 15 is 0 Å². The number of aldehydes is 1. The molecule has 17 heavy (non-hydrogen) atoms. The van der Waals surface area contributed by atoms with Gasteiger partial charge in [0.1, 0.15) is 6.29 Å². The van der Waals surface area contributed by atoms with Crippen LogP contribution in [-0.2, 0) is 4.79 Å². The van der Waals surface area contributed by atoms with Gasteiger partial charge in [0.15, 0.2) is 0 Å². The van der Waals surface area contributed by atoms with E-state index in [4.69, 9.17) is 0 Å². The van der Waals surface area contributed by atoms with Gasteiger partial charge >= 0.3 is 0 Å². The molecule has 2 nitrogen and oxygen atoms in total. The second kappa shape index (κ2) is 6.36. The highest BCUT2D eigenvalue weighted by atomic mass is 16.1. The molecule has 0 saturated carbocycles. The van der Waals surface area contributed by atoms with Gasteiger partial charge in [-0.25, -0.2) is 0 Å². The largest absolute Gasteiger partial charge is 0.303 e. The summed E-state index contributed by atoms with van der Waals surface area (Å²) in [5.41, 5.74) is 1.23. The molecule has 0 radical (unpaired) electrons. The molecule has 1 fully saturated rings. The van der Waals surface area contributed by atoms with E-state index in [1.807, 2.05) is 18.2 Å². The lowest BCUT2D eigenvalue weighted by Crippen LogP contribution is -2.35. The summed E-state index contributed by atoms with van der Waals surface area (Å²) in [6.45, 7) is 2.98. The monoisotopic (exact) mass is 229 g/mol. The Labute approximate surface area is 103 Å². The van der Waals surface area contributed by atoms with E-state index in [0.717, 1.165) is 38.8 Å². The SMILES string of the molecule is O=CC1CCCN(CC=Cc2ccccc2)C1. The molecular formula is C15H19NO. The first kappa shape index (κ1) is 12.1. The number of likely N-dealkylation sites (tertiary alicyclic amines) is 1. The number of nitrogens with zero attached hydrogens (tertiary/aromatic N) is 1. The molecule has 0 spiro atoms. The van der Waals surface area contributed by atoms with Crippen molar-refractivity contribution >= 4 is 12.4 Å². The Balaban J connectivity index is 1.81. The van der Waals surface area contributed by atoms with Crippen LogP contribution in [0.4, 0.5) is 0 Å². The van der Waals surface area contributed by atoms with Crippen molar-refractivity contribution in [3.05, 3.63) is 42.0 Å². The van der Waals surface area contributed by atoms with Crippen LogP contribution >= 0.6 is 0 Å². The maximum Gasteiger partial charge on any atom is 0.124 e. The van der Waals surface area contributed by atoms with Gasteiger partial charge in [0.05, 0.1) is 0 Å². The first-order chi connectivity index (χ1) is 8.38. The van der Waals surface area contributed by atoms with Crippen molar-refractivity contribution in [2.24, 2.45) is 5.92 Å². The second-order valence-corrected chi connectivity index (χ2v) is 4.61. The zero-order chi connectivity index (χ0) is 11.9. The number of hydrogen-bond donors (Lipinski definition) is 0. The Bertz CT molecular complexity index is 372. The molecule has 0 aromatic heterocycles. The van der Waals surface area contributed by atoms with Crippen LogP contribution in [0.25, 0.3) is 6.08 Å². The van der Waals surface area contributed by atoms with Crippen LogP contribution < -0.4 is 0 Å². The predicted octanol–water partition coefficient (Wildman–Crippen LogP) is 2.61. The molecule has 0 aliphatic carbocycles. The van der Waals surface area contributed by atoms with E-state index in [1.54, 1.807) is 0 Å². The van der Waals surface area contributed by atoms with Crippen molar-refractivity contribution < 1.29 is 4.79 Å². The highest BCUT2D eigenvalue weighted by Gasteiger charge is 2.17. The number of carbonyl (C=O) groups is 1. The van der Waals surface area contributed by atoms with E-state index in [9.17, 15) is 4.79 Å². The summed E-state index contributed by atoms with van der Waals surface area (Å²) >= 11 is 0. The Morgan fingerprint density at radius 2 is 2.12 bits per heavy atom. The average Bonchev–Trinajstić information content (AvgIpc) is 2.40. The Kier molecular flexibility index (Phi) is 4.51. The number of benzene rings is 1. The van der Waals surface area contributed by atoms with Crippen molar-refractivity contribution in [2.75, 3.05) is 19.6 Å². The van der Waals surface area contributed by atoms with Gasteiger partial charge in [-0.05, 0) is 24.9 Å². The molecule has 1 aliphatic heterocycles. The first-order valence-corrected chi connectivity index (χ1v) is 6.28. The molecule has 1 unspecified atom stereocenters. The molecule has 0 N–H and O–H groups in total.